The predicted octanol–water partition coefficient (Wildman–Crippen LogP) is 4.32. The molecule has 2 amide bonds. The molecule has 2 rings (SSSR count). The fourth-order valence-electron chi connectivity index (χ4n) is 1.85. The Balaban J connectivity index is 2.03. The van der Waals surface area contributed by atoms with Crippen LogP contribution in [0.1, 0.15) is 5.56 Å². The van der Waals surface area contributed by atoms with Crippen LogP contribution in [-0.2, 0) is 9.59 Å². The normalized spacial score (nSPS) is 11.6. The van der Waals surface area contributed by atoms with Gasteiger partial charge in [-0.05, 0) is 24.3 Å². The summed E-state index contributed by atoms with van der Waals surface area (Å²) in [5.41, 5.74) is 1.87. The van der Waals surface area contributed by atoms with Crippen molar-refractivity contribution >= 4 is 46.9 Å². The fraction of sp³-hybridized carbons (Fsp3) is 0.118. The number of benzene rings is 2. The van der Waals surface area contributed by atoms with Gasteiger partial charge in [-0.3, -0.25) is 9.59 Å². The second-order valence-electron chi connectivity index (χ2n) is 5.28. The van der Waals surface area contributed by atoms with E-state index in [1.165, 1.54) is 30.3 Å². The number of nitrogens with one attached hydrogen (secondary N) is 2. The fourth-order valence-corrected chi connectivity index (χ4v) is 2.30. The van der Waals surface area contributed by atoms with E-state index >= 15 is 0 Å². The van der Waals surface area contributed by atoms with E-state index in [0.29, 0.717) is 10.6 Å². The number of hydrogen-bond acceptors (Lipinski definition) is 4. The van der Waals surface area contributed by atoms with Crippen molar-refractivity contribution in [1.29, 1.82) is 0 Å². The van der Waals surface area contributed by atoms with Gasteiger partial charge in [0.1, 0.15) is 5.75 Å². The molecule has 0 spiro atoms. The van der Waals surface area contributed by atoms with E-state index in [1.807, 2.05) is 10.7 Å². The van der Waals surface area contributed by atoms with Crippen molar-refractivity contribution in [1.82, 2.24) is 5.43 Å². The maximum Gasteiger partial charge on any atom is 0.461 e. The lowest BCUT2D eigenvalue weighted by molar-refractivity contribution is -0.252. The number of carbonyl (C=O) groups excluding carboxylic acids is 2. The van der Waals surface area contributed by atoms with E-state index in [-0.39, 0.29) is 5.02 Å². The molecule has 0 heterocycles. The molecule has 2 aromatic rings. The summed E-state index contributed by atoms with van der Waals surface area (Å²) in [6.45, 7) is 0. The van der Waals surface area contributed by atoms with E-state index in [1.54, 1.807) is 0 Å². The smallest absolute Gasteiger partial charge is 0.426 e. The molecule has 0 aliphatic rings. The maximum absolute atomic E-state index is 13.1. The Kier molecular flexibility index (Phi) is 7.40. The number of ether oxygens (including phenoxy) is 1. The van der Waals surface area contributed by atoms with Crippen LogP contribution in [0.15, 0.2) is 47.6 Å². The SMILES string of the molecule is O=C(NN=Cc1ccc(Cl)cc1Cl)C(=O)Nc1ccccc1OC(F)(F)C(F)F. The van der Waals surface area contributed by atoms with Crippen LogP contribution in [0.3, 0.4) is 0 Å². The average molecular weight is 452 g/mol. The highest BCUT2D eigenvalue weighted by Gasteiger charge is 2.44. The van der Waals surface area contributed by atoms with Crippen molar-refractivity contribution in [3.05, 3.63) is 58.1 Å². The van der Waals surface area contributed by atoms with Crippen LogP contribution < -0.4 is 15.5 Å². The first-order valence-corrected chi connectivity index (χ1v) is 8.39. The molecule has 0 atom stereocenters. The predicted molar refractivity (Wildman–Crippen MR) is 98.8 cm³/mol. The van der Waals surface area contributed by atoms with E-state index in [4.69, 9.17) is 23.2 Å². The van der Waals surface area contributed by atoms with E-state index in [9.17, 15) is 27.2 Å². The lowest BCUT2D eigenvalue weighted by atomic mass is 10.2. The number of alkyl halides is 4. The monoisotopic (exact) mass is 451 g/mol. The number of anilines is 1. The highest BCUT2D eigenvalue weighted by Crippen LogP contribution is 2.32. The molecule has 0 aromatic heterocycles. The number of hydrazone groups is 1. The number of para-hydroxylation sites is 2. The van der Waals surface area contributed by atoms with Crippen LogP contribution in [-0.4, -0.2) is 30.6 Å². The van der Waals surface area contributed by atoms with Crippen LogP contribution in [0.25, 0.3) is 0 Å². The number of hydrogen-bond donors (Lipinski definition) is 2. The lowest BCUT2D eigenvalue weighted by Gasteiger charge is -2.19. The molecular weight excluding hydrogens is 441 g/mol. The first kappa shape index (κ1) is 22.4. The first-order chi connectivity index (χ1) is 13.6. The van der Waals surface area contributed by atoms with Gasteiger partial charge in [-0.25, -0.2) is 5.43 Å². The maximum atomic E-state index is 13.1. The highest BCUT2D eigenvalue weighted by molar-refractivity contribution is 6.40. The Labute approximate surface area is 171 Å². The Morgan fingerprint density at radius 2 is 1.79 bits per heavy atom. The van der Waals surface area contributed by atoms with Gasteiger partial charge in [-0.1, -0.05) is 41.4 Å². The number of amides is 2. The minimum Gasteiger partial charge on any atom is -0.426 e. The van der Waals surface area contributed by atoms with Gasteiger partial charge in [-0.15, -0.1) is 0 Å². The molecule has 0 unspecified atom stereocenters. The van der Waals surface area contributed by atoms with Gasteiger partial charge >= 0.3 is 24.3 Å². The van der Waals surface area contributed by atoms with Crippen LogP contribution in [0.2, 0.25) is 10.0 Å². The third-order valence-corrected chi connectivity index (χ3v) is 3.74. The third kappa shape index (κ3) is 6.33. The summed E-state index contributed by atoms with van der Waals surface area (Å²) in [7, 11) is 0. The standard InChI is InChI=1S/C17H11Cl2F4N3O3/c18-10-6-5-9(11(19)7-10)8-24-26-15(28)14(27)25-12-3-1-2-4-13(12)29-17(22,23)16(20)21/h1-8,16H,(H,25,27)(H,26,28). The largest absolute Gasteiger partial charge is 0.461 e. The molecule has 12 heteroatoms. The zero-order valence-electron chi connectivity index (χ0n) is 14.1. The first-order valence-electron chi connectivity index (χ1n) is 7.63. The van der Waals surface area contributed by atoms with Gasteiger partial charge in [0.15, 0.2) is 0 Å². The van der Waals surface area contributed by atoms with Gasteiger partial charge in [0, 0.05) is 10.6 Å². The molecule has 0 bridgehead atoms. The summed E-state index contributed by atoms with van der Waals surface area (Å²) in [6.07, 6.45) is -7.74. The van der Waals surface area contributed by atoms with Gasteiger partial charge in [0.25, 0.3) is 0 Å². The lowest BCUT2D eigenvalue weighted by Crippen LogP contribution is -2.35. The number of carbonyl (C=O) groups is 2. The number of nitrogens with zero attached hydrogens (tertiary/aromatic N) is 1. The molecule has 0 saturated heterocycles. The van der Waals surface area contributed by atoms with E-state index < -0.39 is 35.8 Å². The van der Waals surface area contributed by atoms with Crippen molar-refractivity contribution in [2.24, 2.45) is 5.10 Å². The minimum atomic E-state index is -4.79. The molecule has 0 aliphatic carbocycles. The Bertz CT molecular complexity index is 942. The molecule has 2 aromatic carbocycles. The zero-order chi connectivity index (χ0) is 21.6. The molecule has 2 N–H and O–H groups in total. The molecule has 0 saturated carbocycles. The zero-order valence-corrected chi connectivity index (χ0v) is 15.6. The summed E-state index contributed by atoms with van der Waals surface area (Å²) in [5, 5.41) is 6.13. The van der Waals surface area contributed by atoms with Crippen molar-refractivity contribution in [3.8, 4) is 5.75 Å². The van der Waals surface area contributed by atoms with Crippen LogP contribution in [0.4, 0.5) is 23.2 Å². The summed E-state index contributed by atoms with van der Waals surface area (Å²) in [4.78, 5) is 23.7. The van der Waals surface area contributed by atoms with Crippen molar-refractivity contribution in [2.45, 2.75) is 12.5 Å². The molecule has 0 fully saturated rings. The highest BCUT2D eigenvalue weighted by atomic mass is 35.5. The van der Waals surface area contributed by atoms with Crippen LogP contribution >= 0.6 is 23.2 Å². The van der Waals surface area contributed by atoms with Crippen LogP contribution in [0, 0.1) is 0 Å². The van der Waals surface area contributed by atoms with Crippen molar-refractivity contribution in [2.75, 3.05) is 5.32 Å². The second-order valence-corrected chi connectivity index (χ2v) is 6.12. The Morgan fingerprint density at radius 3 is 2.45 bits per heavy atom. The Hall–Kier alpha value is -2.85. The summed E-state index contributed by atoms with van der Waals surface area (Å²) < 4.78 is 54.7. The van der Waals surface area contributed by atoms with Crippen LogP contribution in [0.5, 0.6) is 5.75 Å². The van der Waals surface area contributed by atoms with E-state index in [0.717, 1.165) is 18.3 Å². The topological polar surface area (TPSA) is 79.8 Å². The molecule has 0 radical (unpaired) electrons. The number of halogens is 6. The van der Waals surface area contributed by atoms with Crippen molar-refractivity contribution in [3.63, 3.8) is 0 Å². The van der Waals surface area contributed by atoms with E-state index in [2.05, 4.69) is 9.84 Å². The molecule has 6 nitrogen and oxygen atoms in total. The molecule has 29 heavy (non-hydrogen) atoms. The van der Waals surface area contributed by atoms with Gasteiger partial charge < -0.3 is 10.1 Å². The second kappa shape index (κ2) is 9.57. The van der Waals surface area contributed by atoms with Gasteiger partial charge in [0.05, 0.1) is 16.9 Å². The molecule has 0 aliphatic heterocycles. The van der Waals surface area contributed by atoms with Gasteiger partial charge in [-0.2, -0.15) is 22.7 Å². The number of rotatable bonds is 6. The average Bonchev–Trinajstić information content (AvgIpc) is 2.64. The molecule has 154 valence electrons. The summed E-state index contributed by atoms with van der Waals surface area (Å²) >= 11 is 11.7. The minimum absolute atomic E-state index is 0.242. The third-order valence-electron chi connectivity index (χ3n) is 3.17. The Morgan fingerprint density at radius 1 is 1.10 bits per heavy atom. The summed E-state index contributed by atoms with van der Waals surface area (Å²) in [6, 6.07) is 9.00. The summed E-state index contributed by atoms with van der Waals surface area (Å²) in [5.74, 6) is -3.32. The van der Waals surface area contributed by atoms with Gasteiger partial charge in [0.2, 0.25) is 0 Å². The quantitative estimate of drug-likeness (QED) is 0.297. The molecular formula is C17H11Cl2F4N3O3. The van der Waals surface area contributed by atoms with Crippen molar-refractivity contribution < 1.29 is 31.9 Å².